The molecule has 1 fully saturated rings. The van der Waals surface area contributed by atoms with E-state index in [4.69, 9.17) is 0 Å². The van der Waals surface area contributed by atoms with Crippen LogP contribution in [0.2, 0.25) is 0 Å². The van der Waals surface area contributed by atoms with Crippen molar-refractivity contribution >= 4 is 27.5 Å². The third kappa shape index (κ3) is 4.10. The van der Waals surface area contributed by atoms with Crippen LogP contribution in [0.1, 0.15) is 35.2 Å². The lowest BCUT2D eigenvalue weighted by Gasteiger charge is -2.26. The molecule has 0 unspecified atom stereocenters. The van der Waals surface area contributed by atoms with Crippen molar-refractivity contribution < 1.29 is 4.79 Å². The Balaban J connectivity index is 1.64. The highest BCUT2D eigenvalue weighted by atomic mass is 79.9. The molecule has 1 saturated heterocycles. The summed E-state index contributed by atoms with van der Waals surface area (Å²) >= 11 is 3.29. The van der Waals surface area contributed by atoms with Crippen LogP contribution >= 0.6 is 15.9 Å². The van der Waals surface area contributed by atoms with Gasteiger partial charge in [-0.3, -0.25) is 9.59 Å². The number of carbonyl (C=O) groups excluding carboxylic acids is 1. The Morgan fingerprint density at radius 2 is 1.88 bits per heavy atom. The average Bonchev–Trinajstić information content (AvgIpc) is 2.66. The van der Waals surface area contributed by atoms with Gasteiger partial charge in [-0.15, -0.1) is 0 Å². The van der Waals surface area contributed by atoms with Crippen LogP contribution in [0.3, 0.4) is 0 Å². The largest absolute Gasteiger partial charge is 0.379 e. The maximum absolute atomic E-state index is 12.5. The van der Waals surface area contributed by atoms with E-state index < -0.39 is 0 Å². The molecule has 0 saturated carbocycles. The summed E-state index contributed by atoms with van der Waals surface area (Å²) < 4.78 is 1.73. The molecule has 0 radical (unpaired) electrons. The van der Waals surface area contributed by atoms with Gasteiger partial charge in [0, 0.05) is 32.2 Å². The van der Waals surface area contributed by atoms with Crippen LogP contribution in [0.4, 0.5) is 5.69 Å². The zero-order chi connectivity index (χ0) is 17.8. The zero-order valence-electron chi connectivity index (χ0n) is 14.2. The number of nitrogens with one attached hydrogen (secondary N) is 1. The van der Waals surface area contributed by atoms with Crippen molar-refractivity contribution in [1.29, 1.82) is 0 Å². The normalized spacial score (nSPS) is 14.4. The van der Waals surface area contributed by atoms with Crippen molar-refractivity contribution in [3.63, 3.8) is 0 Å². The second-order valence-corrected chi connectivity index (χ2v) is 7.00. The summed E-state index contributed by atoms with van der Waals surface area (Å²) in [4.78, 5) is 26.2. The molecule has 1 aliphatic heterocycles. The van der Waals surface area contributed by atoms with Crippen molar-refractivity contribution in [2.75, 3.05) is 18.4 Å². The molecule has 6 nitrogen and oxygen atoms in total. The summed E-state index contributed by atoms with van der Waals surface area (Å²) in [6.45, 7) is 2.25. The number of aryl methyl sites for hydroxylation is 1. The number of hydrogen-bond donors (Lipinski definition) is 1. The zero-order valence-corrected chi connectivity index (χ0v) is 15.8. The number of anilines is 1. The Labute approximate surface area is 155 Å². The highest BCUT2D eigenvalue weighted by molar-refractivity contribution is 9.10. The van der Waals surface area contributed by atoms with Gasteiger partial charge >= 0.3 is 0 Å². The molecular weight excluding hydrogens is 384 g/mol. The number of halogens is 1. The molecule has 2 heterocycles. The number of benzene rings is 1. The fourth-order valence-corrected chi connectivity index (χ4v) is 3.38. The Morgan fingerprint density at radius 3 is 2.56 bits per heavy atom. The number of hydrogen-bond acceptors (Lipinski definition) is 4. The Hall–Kier alpha value is -2.15. The second-order valence-electron chi connectivity index (χ2n) is 6.20. The minimum atomic E-state index is -0.188. The molecule has 7 heteroatoms. The summed E-state index contributed by atoms with van der Waals surface area (Å²) in [6, 6.07) is 7.61. The number of amides is 1. The van der Waals surface area contributed by atoms with Gasteiger partial charge < -0.3 is 10.2 Å². The first-order valence-electron chi connectivity index (χ1n) is 8.40. The lowest BCUT2D eigenvalue weighted by molar-refractivity contribution is 0.0724. The van der Waals surface area contributed by atoms with E-state index in [1.807, 2.05) is 29.2 Å². The summed E-state index contributed by atoms with van der Waals surface area (Å²) in [6.07, 6.45) is 5.00. The van der Waals surface area contributed by atoms with Crippen molar-refractivity contribution in [2.45, 2.75) is 25.8 Å². The first kappa shape index (κ1) is 17.7. The van der Waals surface area contributed by atoms with E-state index in [9.17, 15) is 9.59 Å². The Morgan fingerprint density at radius 1 is 1.20 bits per heavy atom. The molecule has 0 spiro atoms. The number of carbonyl (C=O) groups is 1. The minimum Gasteiger partial charge on any atom is -0.379 e. The third-order valence-electron chi connectivity index (χ3n) is 4.41. The van der Waals surface area contributed by atoms with Crippen LogP contribution in [0.25, 0.3) is 0 Å². The minimum absolute atomic E-state index is 0.109. The van der Waals surface area contributed by atoms with E-state index in [1.54, 1.807) is 13.2 Å². The summed E-state index contributed by atoms with van der Waals surface area (Å²) in [7, 11) is 1.61. The molecule has 0 aliphatic carbocycles. The molecule has 132 valence electrons. The molecule has 3 rings (SSSR count). The molecule has 1 aromatic carbocycles. The first-order chi connectivity index (χ1) is 12.1. The van der Waals surface area contributed by atoms with Crippen molar-refractivity contribution in [3.8, 4) is 0 Å². The molecule has 1 N–H and O–H groups in total. The fourth-order valence-electron chi connectivity index (χ4n) is 2.88. The van der Waals surface area contributed by atoms with Crippen molar-refractivity contribution in [1.82, 2.24) is 14.7 Å². The van der Waals surface area contributed by atoms with Crippen molar-refractivity contribution in [2.24, 2.45) is 7.05 Å². The SMILES string of the molecule is Cn1ncc(NCc2ccc(C(=O)N3CCCCC3)cc2)c(Br)c1=O. The van der Waals surface area contributed by atoms with Gasteiger partial charge in [0.05, 0.1) is 11.9 Å². The quantitative estimate of drug-likeness (QED) is 0.850. The maximum Gasteiger partial charge on any atom is 0.282 e. The van der Waals surface area contributed by atoms with Gasteiger partial charge in [-0.25, -0.2) is 4.68 Å². The highest BCUT2D eigenvalue weighted by Crippen LogP contribution is 2.18. The fraction of sp³-hybridized carbons (Fsp3) is 0.389. The topological polar surface area (TPSA) is 67.2 Å². The smallest absolute Gasteiger partial charge is 0.282 e. The number of aromatic nitrogens is 2. The van der Waals surface area contributed by atoms with E-state index in [1.165, 1.54) is 11.1 Å². The van der Waals surface area contributed by atoms with Gasteiger partial charge in [0.15, 0.2) is 0 Å². The van der Waals surface area contributed by atoms with E-state index >= 15 is 0 Å². The van der Waals surface area contributed by atoms with E-state index in [-0.39, 0.29) is 11.5 Å². The third-order valence-corrected chi connectivity index (χ3v) is 5.17. The standard InChI is InChI=1S/C18H21BrN4O2/c1-22-18(25)16(19)15(12-21-22)20-11-13-5-7-14(8-6-13)17(24)23-9-3-2-4-10-23/h5-8,12,20H,2-4,9-11H2,1H3. The van der Waals surface area contributed by atoms with Crippen LogP contribution in [-0.2, 0) is 13.6 Å². The molecule has 1 amide bonds. The Bertz CT molecular complexity index is 811. The molecule has 1 aliphatic rings. The molecule has 1 aromatic heterocycles. The predicted molar refractivity (Wildman–Crippen MR) is 101 cm³/mol. The van der Waals surface area contributed by atoms with Crippen LogP contribution in [0.5, 0.6) is 0 Å². The van der Waals surface area contributed by atoms with E-state index in [2.05, 4.69) is 26.3 Å². The monoisotopic (exact) mass is 404 g/mol. The lowest BCUT2D eigenvalue weighted by atomic mass is 10.1. The lowest BCUT2D eigenvalue weighted by Crippen LogP contribution is -2.35. The molecule has 2 aromatic rings. The molecular formula is C18H21BrN4O2. The van der Waals surface area contributed by atoms with Gasteiger partial charge in [-0.05, 0) is 52.9 Å². The van der Waals surface area contributed by atoms with Crippen molar-refractivity contribution in [3.05, 3.63) is 56.4 Å². The van der Waals surface area contributed by atoms with Gasteiger partial charge in [0.1, 0.15) is 4.47 Å². The maximum atomic E-state index is 12.5. The number of likely N-dealkylation sites (tertiary alicyclic amines) is 1. The van der Waals surface area contributed by atoms with Gasteiger partial charge in [-0.1, -0.05) is 12.1 Å². The van der Waals surface area contributed by atoms with Crippen LogP contribution in [0.15, 0.2) is 39.7 Å². The van der Waals surface area contributed by atoms with Crippen LogP contribution in [0, 0.1) is 0 Å². The second kappa shape index (κ2) is 7.82. The van der Waals surface area contributed by atoms with Gasteiger partial charge in [0.2, 0.25) is 0 Å². The van der Waals surface area contributed by atoms with Crippen LogP contribution < -0.4 is 10.9 Å². The van der Waals surface area contributed by atoms with E-state index in [0.29, 0.717) is 16.7 Å². The highest BCUT2D eigenvalue weighted by Gasteiger charge is 2.17. The molecule has 0 bridgehead atoms. The van der Waals surface area contributed by atoms with E-state index in [0.717, 1.165) is 37.1 Å². The van der Waals surface area contributed by atoms with Gasteiger partial charge in [0.25, 0.3) is 11.5 Å². The molecule has 0 atom stereocenters. The summed E-state index contributed by atoms with van der Waals surface area (Å²) in [5.41, 5.74) is 2.22. The van der Waals surface area contributed by atoms with Gasteiger partial charge in [-0.2, -0.15) is 5.10 Å². The average molecular weight is 405 g/mol. The predicted octanol–water partition coefficient (Wildman–Crippen LogP) is 2.78. The number of nitrogens with zero attached hydrogens (tertiary/aromatic N) is 3. The summed E-state index contributed by atoms with van der Waals surface area (Å²) in [5, 5.41) is 7.19. The first-order valence-corrected chi connectivity index (χ1v) is 9.19. The Kier molecular flexibility index (Phi) is 5.53. The van der Waals surface area contributed by atoms with Crippen LogP contribution in [-0.4, -0.2) is 33.7 Å². The summed E-state index contributed by atoms with van der Waals surface area (Å²) in [5.74, 6) is 0.109. The number of rotatable bonds is 4. The molecule has 25 heavy (non-hydrogen) atoms. The number of piperidine rings is 1.